The van der Waals surface area contributed by atoms with E-state index in [1.807, 2.05) is 0 Å². The average Bonchev–Trinajstić information content (AvgIpc) is 2.29. The average molecular weight is 238 g/mol. The van der Waals surface area contributed by atoms with Gasteiger partial charge in [0.25, 0.3) is 12.6 Å². The summed E-state index contributed by atoms with van der Waals surface area (Å²) in [5.74, 6) is -0.446. The second kappa shape index (κ2) is 6.03. The molecule has 0 aromatic heterocycles. The quantitative estimate of drug-likeness (QED) is 0.451. The van der Waals surface area contributed by atoms with Crippen LogP contribution in [0.25, 0.3) is 0 Å². The van der Waals surface area contributed by atoms with Crippen LogP contribution in [0.15, 0.2) is 42.5 Å². The van der Waals surface area contributed by atoms with Gasteiger partial charge in [-0.05, 0) is 19.1 Å². The van der Waals surface area contributed by atoms with E-state index in [0.29, 0.717) is 5.75 Å². The van der Waals surface area contributed by atoms with Crippen molar-refractivity contribution in [2.75, 3.05) is 0 Å². The number of para-hydroxylation sites is 1. The molecule has 1 aromatic rings. The summed E-state index contributed by atoms with van der Waals surface area (Å²) in [7, 11) is 0. The largest absolute Gasteiger partial charge is 0.458 e. The summed E-state index contributed by atoms with van der Waals surface area (Å²) < 4.78 is 9.44. The Labute approximate surface area is 98.9 Å². The third-order valence-corrected chi connectivity index (χ3v) is 1.82. The van der Waals surface area contributed by atoms with Crippen molar-refractivity contribution in [3.05, 3.63) is 42.5 Å². The van der Waals surface area contributed by atoms with Gasteiger partial charge < -0.3 is 19.7 Å². The molecule has 0 aliphatic rings. The molecule has 0 saturated heterocycles. The monoisotopic (exact) mass is 238 g/mol. The topological polar surface area (TPSA) is 76.0 Å². The SMILES string of the molecule is C=C(C)C(=O)OC(O)C(O)Oc1ccccc1. The fourth-order valence-electron chi connectivity index (χ4n) is 0.965. The van der Waals surface area contributed by atoms with Gasteiger partial charge in [0.2, 0.25) is 0 Å². The molecular formula is C12H14O5. The summed E-state index contributed by atoms with van der Waals surface area (Å²) in [4.78, 5) is 11.1. The van der Waals surface area contributed by atoms with Gasteiger partial charge in [0.15, 0.2) is 0 Å². The molecule has 0 aliphatic heterocycles. The first-order valence-electron chi connectivity index (χ1n) is 4.95. The summed E-state index contributed by atoms with van der Waals surface area (Å²) in [6, 6.07) is 8.37. The van der Waals surface area contributed by atoms with E-state index in [9.17, 15) is 15.0 Å². The number of carbonyl (C=O) groups excluding carboxylic acids is 1. The Balaban J connectivity index is 2.50. The molecule has 0 bridgehead atoms. The molecule has 1 aromatic carbocycles. The summed E-state index contributed by atoms with van der Waals surface area (Å²) >= 11 is 0. The maximum absolute atomic E-state index is 11.1. The molecule has 0 radical (unpaired) electrons. The number of hydrogen-bond acceptors (Lipinski definition) is 5. The van der Waals surface area contributed by atoms with Crippen LogP contribution in [0.4, 0.5) is 0 Å². The van der Waals surface area contributed by atoms with E-state index in [-0.39, 0.29) is 5.57 Å². The highest BCUT2D eigenvalue weighted by Crippen LogP contribution is 2.12. The summed E-state index contributed by atoms with van der Waals surface area (Å²) in [5.41, 5.74) is 0.121. The zero-order chi connectivity index (χ0) is 12.8. The number of ether oxygens (including phenoxy) is 2. The molecule has 2 unspecified atom stereocenters. The van der Waals surface area contributed by atoms with Crippen LogP contribution in [-0.4, -0.2) is 28.8 Å². The fraction of sp³-hybridized carbons (Fsp3) is 0.250. The lowest BCUT2D eigenvalue weighted by molar-refractivity contribution is -0.218. The minimum Gasteiger partial charge on any atom is -0.458 e. The van der Waals surface area contributed by atoms with E-state index < -0.39 is 18.5 Å². The van der Waals surface area contributed by atoms with Crippen molar-refractivity contribution in [2.24, 2.45) is 0 Å². The maximum Gasteiger partial charge on any atom is 0.335 e. The van der Waals surface area contributed by atoms with Crippen LogP contribution in [0.3, 0.4) is 0 Å². The Bertz CT molecular complexity index is 387. The number of aliphatic hydroxyl groups excluding tert-OH is 2. The highest BCUT2D eigenvalue weighted by Gasteiger charge is 2.22. The van der Waals surface area contributed by atoms with Gasteiger partial charge in [-0.15, -0.1) is 0 Å². The van der Waals surface area contributed by atoms with Crippen molar-refractivity contribution in [3.8, 4) is 5.75 Å². The number of rotatable bonds is 5. The molecule has 1 rings (SSSR count). The molecule has 0 fully saturated rings. The third kappa shape index (κ3) is 4.26. The molecule has 92 valence electrons. The fourth-order valence-corrected chi connectivity index (χ4v) is 0.965. The van der Waals surface area contributed by atoms with Crippen LogP contribution in [0.2, 0.25) is 0 Å². The smallest absolute Gasteiger partial charge is 0.335 e. The lowest BCUT2D eigenvalue weighted by Crippen LogP contribution is -2.35. The Morgan fingerprint density at radius 2 is 1.82 bits per heavy atom. The van der Waals surface area contributed by atoms with Gasteiger partial charge in [0.1, 0.15) is 5.75 Å². The molecule has 17 heavy (non-hydrogen) atoms. The van der Waals surface area contributed by atoms with Crippen LogP contribution in [0, 0.1) is 0 Å². The van der Waals surface area contributed by atoms with Crippen molar-refractivity contribution in [3.63, 3.8) is 0 Å². The van der Waals surface area contributed by atoms with Crippen LogP contribution in [0.1, 0.15) is 6.92 Å². The number of hydrogen-bond donors (Lipinski definition) is 2. The van der Waals surface area contributed by atoms with E-state index in [4.69, 9.17) is 4.74 Å². The number of esters is 1. The van der Waals surface area contributed by atoms with Crippen molar-refractivity contribution >= 4 is 5.97 Å². The van der Waals surface area contributed by atoms with Crippen molar-refractivity contribution < 1.29 is 24.5 Å². The second-order valence-electron chi connectivity index (χ2n) is 3.40. The molecule has 0 aliphatic carbocycles. The van der Waals surface area contributed by atoms with E-state index >= 15 is 0 Å². The van der Waals surface area contributed by atoms with E-state index in [2.05, 4.69) is 11.3 Å². The predicted molar refractivity (Wildman–Crippen MR) is 60.0 cm³/mol. The van der Waals surface area contributed by atoms with E-state index in [0.717, 1.165) is 0 Å². The van der Waals surface area contributed by atoms with Gasteiger partial charge in [0, 0.05) is 5.57 Å². The zero-order valence-corrected chi connectivity index (χ0v) is 9.37. The third-order valence-electron chi connectivity index (χ3n) is 1.82. The van der Waals surface area contributed by atoms with Crippen molar-refractivity contribution in [1.82, 2.24) is 0 Å². The van der Waals surface area contributed by atoms with Gasteiger partial charge in [-0.3, -0.25) is 0 Å². The predicted octanol–water partition coefficient (Wildman–Crippen LogP) is 0.821. The van der Waals surface area contributed by atoms with Crippen LogP contribution < -0.4 is 4.74 Å². The van der Waals surface area contributed by atoms with Crippen LogP contribution in [0.5, 0.6) is 5.75 Å². The number of aliphatic hydroxyl groups is 2. The molecule has 2 N–H and O–H groups in total. The lowest BCUT2D eigenvalue weighted by atomic mass is 10.3. The maximum atomic E-state index is 11.1. The zero-order valence-electron chi connectivity index (χ0n) is 9.37. The van der Waals surface area contributed by atoms with Crippen molar-refractivity contribution in [2.45, 2.75) is 19.5 Å². The Hall–Kier alpha value is -1.85. The first kappa shape index (κ1) is 13.2. The van der Waals surface area contributed by atoms with Crippen LogP contribution >= 0.6 is 0 Å². The Kier molecular flexibility index (Phi) is 4.68. The number of benzene rings is 1. The molecule has 0 amide bonds. The highest BCUT2D eigenvalue weighted by molar-refractivity contribution is 5.87. The summed E-state index contributed by atoms with van der Waals surface area (Å²) in [6.45, 7) is 4.77. The molecule has 0 spiro atoms. The standard InChI is InChI=1S/C12H14O5/c1-8(2)10(13)17-12(15)11(14)16-9-6-4-3-5-7-9/h3-7,11-12,14-15H,1H2,2H3. The minimum atomic E-state index is -1.76. The molecule has 0 saturated carbocycles. The Morgan fingerprint density at radius 3 is 2.35 bits per heavy atom. The molecule has 5 nitrogen and oxygen atoms in total. The van der Waals surface area contributed by atoms with Crippen molar-refractivity contribution in [1.29, 1.82) is 0 Å². The summed E-state index contributed by atoms with van der Waals surface area (Å²) in [5, 5.41) is 18.8. The first-order valence-corrected chi connectivity index (χ1v) is 4.95. The molecule has 5 heteroatoms. The van der Waals surface area contributed by atoms with Gasteiger partial charge >= 0.3 is 5.97 Å². The minimum absolute atomic E-state index is 0.121. The summed E-state index contributed by atoms with van der Waals surface area (Å²) in [6.07, 6.45) is -3.42. The normalized spacial score (nSPS) is 13.6. The van der Waals surface area contributed by atoms with Gasteiger partial charge in [-0.1, -0.05) is 24.8 Å². The lowest BCUT2D eigenvalue weighted by Gasteiger charge is -2.19. The van der Waals surface area contributed by atoms with Gasteiger partial charge in [0.05, 0.1) is 0 Å². The first-order chi connectivity index (χ1) is 8.00. The molecular weight excluding hydrogens is 224 g/mol. The van der Waals surface area contributed by atoms with Crippen LogP contribution in [-0.2, 0) is 9.53 Å². The van der Waals surface area contributed by atoms with Gasteiger partial charge in [-0.25, -0.2) is 4.79 Å². The van der Waals surface area contributed by atoms with E-state index in [1.165, 1.54) is 6.92 Å². The van der Waals surface area contributed by atoms with E-state index in [1.54, 1.807) is 30.3 Å². The second-order valence-corrected chi connectivity index (χ2v) is 3.40. The molecule has 0 heterocycles. The number of carbonyl (C=O) groups is 1. The Morgan fingerprint density at radius 1 is 1.24 bits per heavy atom. The highest BCUT2D eigenvalue weighted by atomic mass is 16.7. The van der Waals surface area contributed by atoms with Gasteiger partial charge in [-0.2, -0.15) is 0 Å². The molecule has 2 atom stereocenters.